The van der Waals surface area contributed by atoms with Gasteiger partial charge in [-0.1, -0.05) is 35.3 Å². The molecule has 0 aliphatic carbocycles. The highest BCUT2D eigenvalue weighted by atomic mass is 35.5. The molecule has 4 amide bonds. The smallest absolute Gasteiger partial charge is 0.336 e. The van der Waals surface area contributed by atoms with E-state index >= 15 is 0 Å². The zero-order valence-corrected chi connectivity index (χ0v) is 23.1. The van der Waals surface area contributed by atoms with Crippen molar-refractivity contribution in [2.75, 3.05) is 25.7 Å². The zero-order chi connectivity index (χ0) is 29.0. The molecule has 0 aromatic heterocycles. The van der Waals surface area contributed by atoms with E-state index in [2.05, 4.69) is 5.32 Å². The summed E-state index contributed by atoms with van der Waals surface area (Å²) >= 11 is 12.7. The van der Waals surface area contributed by atoms with Gasteiger partial charge in [0.1, 0.15) is 29.5 Å². The van der Waals surface area contributed by atoms with Gasteiger partial charge in [-0.3, -0.25) is 14.9 Å². The molecule has 1 heterocycles. The van der Waals surface area contributed by atoms with Crippen LogP contribution in [0.25, 0.3) is 6.08 Å². The molecule has 0 saturated carbocycles. The number of benzene rings is 3. The molecule has 0 radical (unpaired) electrons. The number of carbonyl (C=O) groups is 3. The Labute approximate surface area is 239 Å². The van der Waals surface area contributed by atoms with E-state index in [1.807, 2.05) is 0 Å². The van der Waals surface area contributed by atoms with Crippen LogP contribution in [0, 0.1) is 5.82 Å². The number of rotatable bonds is 9. The molecule has 0 spiro atoms. The maximum absolute atomic E-state index is 13.5. The predicted octanol–water partition coefficient (Wildman–Crippen LogP) is 5.79. The maximum Gasteiger partial charge on any atom is 0.336 e. The Morgan fingerprint density at radius 1 is 0.900 bits per heavy atom. The monoisotopic (exact) mass is 588 g/mol. The Hall–Kier alpha value is -4.28. The van der Waals surface area contributed by atoms with Crippen LogP contribution in [0.2, 0.25) is 10.0 Å². The van der Waals surface area contributed by atoms with Crippen molar-refractivity contribution < 1.29 is 37.7 Å². The van der Waals surface area contributed by atoms with E-state index in [1.54, 1.807) is 19.1 Å². The van der Waals surface area contributed by atoms with E-state index in [-0.39, 0.29) is 63.3 Å². The lowest BCUT2D eigenvalue weighted by Gasteiger charge is -2.28. The average Bonchev–Trinajstić information content (AvgIpc) is 2.92. The lowest BCUT2D eigenvalue weighted by molar-refractivity contribution is -0.122. The minimum Gasteiger partial charge on any atom is -0.495 e. The van der Waals surface area contributed by atoms with Crippen LogP contribution in [0.3, 0.4) is 0 Å². The minimum atomic E-state index is -0.979. The van der Waals surface area contributed by atoms with Crippen molar-refractivity contribution in [3.63, 3.8) is 0 Å². The van der Waals surface area contributed by atoms with Gasteiger partial charge in [0.25, 0.3) is 11.8 Å². The molecular weight excluding hydrogens is 566 g/mol. The molecule has 12 heteroatoms. The van der Waals surface area contributed by atoms with Crippen molar-refractivity contribution in [3.8, 4) is 23.0 Å². The first-order valence-corrected chi connectivity index (χ1v) is 12.6. The van der Waals surface area contributed by atoms with E-state index in [4.69, 9.17) is 42.1 Å². The molecule has 9 nitrogen and oxygen atoms in total. The first-order chi connectivity index (χ1) is 19.2. The van der Waals surface area contributed by atoms with Crippen molar-refractivity contribution in [2.24, 2.45) is 0 Å². The molecule has 3 aromatic rings. The SMILES string of the molecule is CCOc1cc(/C=C2\C(=O)NC(=O)N(c3cc(OC)c(Cl)cc3OC)C2=O)cc(Cl)c1OCc1ccc(F)cc1. The number of imide groups is 2. The number of nitrogens with zero attached hydrogens (tertiary/aromatic N) is 1. The molecule has 1 saturated heterocycles. The predicted molar refractivity (Wildman–Crippen MR) is 147 cm³/mol. The molecule has 208 valence electrons. The summed E-state index contributed by atoms with van der Waals surface area (Å²) in [7, 11) is 2.71. The lowest BCUT2D eigenvalue weighted by Crippen LogP contribution is -2.54. The number of amides is 4. The van der Waals surface area contributed by atoms with Gasteiger partial charge >= 0.3 is 6.03 Å². The number of barbiturate groups is 1. The molecular formula is C28H23Cl2FN2O7. The van der Waals surface area contributed by atoms with Crippen molar-refractivity contribution in [1.29, 1.82) is 0 Å². The van der Waals surface area contributed by atoms with Crippen LogP contribution in [0.15, 0.2) is 54.1 Å². The highest BCUT2D eigenvalue weighted by Gasteiger charge is 2.38. The number of hydrogen-bond donors (Lipinski definition) is 1. The fourth-order valence-corrected chi connectivity index (χ4v) is 4.38. The van der Waals surface area contributed by atoms with Gasteiger partial charge in [-0.05, 0) is 48.4 Å². The third-order valence-electron chi connectivity index (χ3n) is 5.74. The Kier molecular flexibility index (Phi) is 8.81. The molecule has 0 bridgehead atoms. The Balaban J connectivity index is 1.70. The van der Waals surface area contributed by atoms with E-state index in [9.17, 15) is 18.8 Å². The second kappa shape index (κ2) is 12.3. The van der Waals surface area contributed by atoms with Gasteiger partial charge in [0.15, 0.2) is 11.5 Å². The highest BCUT2D eigenvalue weighted by Crippen LogP contribution is 2.40. The van der Waals surface area contributed by atoms with Gasteiger partial charge in [-0.15, -0.1) is 0 Å². The van der Waals surface area contributed by atoms with Crippen LogP contribution in [0.1, 0.15) is 18.1 Å². The molecule has 1 aliphatic heterocycles. The van der Waals surface area contributed by atoms with Crippen LogP contribution in [-0.4, -0.2) is 38.7 Å². The Bertz CT molecular complexity index is 1510. The van der Waals surface area contributed by atoms with E-state index in [1.165, 1.54) is 56.7 Å². The summed E-state index contributed by atoms with van der Waals surface area (Å²) in [5.41, 5.74) is 0.696. The Morgan fingerprint density at radius 2 is 1.60 bits per heavy atom. The van der Waals surface area contributed by atoms with E-state index in [0.717, 1.165) is 4.90 Å². The fourth-order valence-electron chi connectivity index (χ4n) is 3.87. The molecule has 0 atom stereocenters. The van der Waals surface area contributed by atoms with Gasteiger partial charge in [0, 0.05) is 12.1 Å². The summed E-state index contributed by atoms with van der Waals surface area (Å²) in [5, 5.41) is 2.49. The van der Waals surface area contributed by atoms with Crippen molar-refractivity contribution in [3.05, 3.63) is 81.1 Å². The van der Waals surface area contributed by atoms with E-state index < -0.39 is 17.8 Å². The summed E-state index contributed by atoms with van der Waals surface area (Å²) in [6.07, 6.45) is 1.27. The summed E-state index contributed by atoms with van der Waals surface area (Å²) in [4.78, 5) is 39.7. The molecule has 3 aromatic carbocycles. The molecule has 1 aliphatic rings. The third-order valence-corrected chi connectivity index (χ3v) is 6.31. The van der Waals surface area contributed by atoms with Crippen LogP contribution < -0.4 is 29.2 Å². The summed E-state index contributed by atoms with van der Waals surface area (Å²) < 4.78 is 35.3. The topological polar surface area (TPSA) is 103 Å². The maximum atomic E-state index is 13.5. The normalized spacial score (nSPS) is 14.3. The zero-order valence-electron chi connectivity index (χ0n) is 21.5. The van der Waals surface area contributed by atoms with Crippen LogP contribution in [0.5, 0.6) is 23.0 Å². The molecule has 40 heavy (non-hydrogen) atoms. The van der Waals surface area contributed by atoms with Gasteiger partial charge in [0.05, 0.1) is 36.6 Å². The first-order valence-electron chi connectivity index (χ1n) is 11.8. The van der Waals surface area contributed by atoms with Crippen LogP contribution >= 0.6 is 23.2 Å². The number of methoxy groups -OCH3 is 2. The first kappa shape index (κ1) is 28.7. The second-order valence-corrected chi connectivity index (χ2v) is 9.11. The average molecular weight is 589 g/mol. The standard InChI is InChI=1S/C28H23Cl2FN2O7/c1-4-39-24-11-16(10-20(30)25(24)40-14-15-5-7-17(31)8-6-15)9-18-26(34)32-28(36)33(27(18)35)21-13-22(37-2)19(29)12-23(21)38-3/h5-13H,4,14H2,1-3H3,(H,32,34,36)/b18-9+. The summed E-state index contributed by atoms with van der Waals surface area (Å²) in [5.74, 6) is -1.42. The number of halogens is 3. The van der Waals surface area contributed by atoms with Gasteiger partial charge in [-0.25, -0.2) is 14.1 Å². The van der Waals surface area contributed by atoms with E-state index in [0.29, 0.717) is 11.1 Å². The number of hydrogen-bond acceptors (Lipinski definition) is 7. The van der Waals surface area contributed by atoms with Crippen molar-refractivity contribution in [1.82, 2.24) is 5.32 Å². The van der Waals surface area contributed by atoms with Crippen molar-refractivity contribution in [2.45, 2.75) is 13.5 Å². The minimum absolute atomic E-state index is 0.0160. The largest absolute Gasteiger partial charge is 0.495 e. The number of nitrogens with one attached hydrogen (secondary N) is 1. The highest BCUT2D eigenvalue weighted by molar-refractivity contribution is 6.40. The molecule has 1 fully saturated rings. The van der Waals surface area contributed by atoms with Crippen LogP contribution in [-0.2, 0) is 16.2 Å². The van der Waals surface area contributed by atoms with Crippen molar-refractivity contribution >= 4 is 52.8 Å². The van der Waals surface area contributed by atoms with Gasteiger partial charge in [-0.2, -0.15) is 0 Å². The number of anilines is 1. The lowest BCUT2D eigenvalue weighted by atomic mass is 10.1. The summed E-state index contributed by atoms with van der Waals surface area (Å²) in [6, 6.07) is 10.6. The van der Waals surface area contributed by atoms with Gasteiger partial charge < -0.3 is 18.9 Å². The molecule has 0 unspecified atom stereocenters. The third kappa shape index (κ3) is 5.98. The second-order valence-electron chi connectivity index (χ2n) is 8.29. The summed E-state index contributed by atoms with van der Waals surface area (Å²) in [6.45, 7) is 2.12. The molecule has 1 N–H and O–H groups in total. The fraction of sp³-hybridized carbons (Fsp3) is 0.179. The number of urea groups is 1. The van der Waals surface area contributed by atoms with Crippen LogP contribution in [0.4, 0.5) is 14.9 Å². The quantitative estimate of drug-likeness (QED) is 0.249. The number of ether oxygens (including phenoxy) is 4. The Morgan fingerprint density at radius 3 is 2.25 bits per heavy atom. The molecule has 4 rings (SSSR count). The number of carbonyl (C=O) groups excluding carboxylic acids is 3. The van der Waals surface area contributed by atoms with Gasteiger partial charge in [0.2, 0.25) is 0 Å².